The van der Waals surface area contributed by atoms with Crippen molar-refractivity contribution in [1.29, 1.82) is 0 Å². The van der Waals surface area contributed by atoms with Gasteiger partial charge in [-0.05, 0) is 54.8 Å². The van der Waals surface area contributed by atoms with E-state index < -0.39 is 17.5 Å². The van der Waals surface area contributed by atoms with Gasteiger partial charge in [-0.2, -0.15) is 0 Å². The number of nitrogens with zero attached hydrogens (tertiary/aromatic N) is 2. The van der Waals surface area contributed by atoms with Crippen LogP contribution in [0.3, 0.4) is 0 Å². The molecule has 2 aliphatic heterocycles. The molecule has 0 bridgehead atoms. The normalized spacial score (nSPS) is 17.6. The van der Waals surface area contributed by atoms with E-state index in [1.54, 1.807) is 60.0 Å². The molecule has 8 nitrogen and oxygen atoms in total. The van der Waals surface area contributed by atoms with Gasteiger partial charge in [-0.3, -0.25) is 4.79 Å². The number of ether oxygens (including phenoxy) is 2. The average Bonchev–Trinajstić information content (AvgIpc) is 3.28. The Hall–Kier alpha value is -4.30. The number of pyridine rings is 2. The molecule has 0 saturated heterocycles. The molecule has 8 heteroatoms. The van der Waals surface area contributed by atoms with Crippen LogP contribution >= 0.6 is 0 Å². The maximum Gasteiger partial charge on any atom is 0.343 e. The first-order valence-electron chi connectivity index (χ1n) is 12.3. The van der Waals surface area contributed by atoms with E-state index in [0.29, 0.717) is 52.3 Å². The Kier molecular flexibility index (Phi) is 5.24. The van der Waals surface area contributed by atoms with Crippen molar-refractivity contribution < 1.29 is 24.2 Å². The molecule has 2 aromatic heterocycles. The Morgan fingerprint density at radius 3 is 2.62 bits per heavy atom. The number of hydrogen-bond acceptors (Lipinski definition) is 7. The highest BCUT2D eigenvalue weighted by molar-refractivity contribution is 5.93. The van der Waals surface area contributed by atoms with Crippen LogP contribution in [0.4, 0.5) is 0 Å². The number of carbonyl (C=O) groups is 2. The molecule has 0 aliphatic carbocycles. The fourth-order valence-corrected chi connectivity index (χ4v) is 5.35. The molecule has 4 heterocycles. The SMILES string of the molecule is CCc1c2c(nc3ccc(OC(=O)c4ccccc4)cc13)-c1cc3c(c(=O)n1C2)COC(=O)[C@]3(O)CC. The Morgan fingerprint density at radius 1 is 1.11 bits per heavy atom. The number of aromatic nitrogens is 2. The molecule has 0 amide bonds. The first-order valence-corrected chi connectivity index (χ1v) is 12.3. The van der Waals surface area contributed by atoms with Gasteiger partial charge in [-0.15, -0.1) is 0 Å². The van der Waals surface area contributed by atoms with E-state index in [2.05, 4.69) is 0 Å². The summed E-state index contributed by atoms with van der Waals surface area (Å²) in [4.78, 5) is 43.3. The number of hydrogen-bond donors (Lipinski definition) is 1. The van der Waals surface area contributed by atoms with Crippen LogP contribution in [-0.4, -0.2) is 26.6 Å². The van der Waals surface area contributed by atoms with Crippen LogP contribution in [-0.2, 0) is 34.7 Å². The molecule has 0 saturated carbocycles. The molecule has 2 aromatic carbocycles. The van der Waals surface area contributed by atoms with Crippen LogP contribution < -0.4 is 10.3 Å². The van der Waals surface area contributed by atoms with Crippen LogP contribution in [0.5, 0.6) is 5.75 Å². The van der Waals surface area contributed by atoms with Gasteiger partial charge in [0, 0.05) is 16.5 Å². The molecular weight excluding hydrogens is 472 g/mol. The van der Waals surface area contributed by atoms with Crippen LogP contribution in [0.25, 0.3) is 22.3 Å². The van der Waals surface area contributed by atoms with Crippen LogP contribution in [0.1, 0.15) is 52.9 Å². The number of aliphatic hydroxyl groups is 1. The zero-order valence-corrected chi connectivity index (χ0v) is 20.4. The Labute approximate surface area is 212 Å². The fourth-order valence-electron chi connectivity index (χ4n) is 5.35. The molecular formula is C29H24N2O6. The highest BCUT2D eigenvalue weighted by Gasteiger charge is 2.45. The highest BCUT2D eigenvalue weighted by Crippen LogP contribution is 2.40. The summed E-state index contributed by atoms with van der Waals surface area (Å²) in [6, 6.07) is 15.8. The summed E-state index contributed by atoms with van der Waals surface area (Å²) >= 11 is 0. The first-order chi connectivity index (χ1) is 17.9. The number of aryl methyl sites for hydroxylation is 1. The molecule has 1 N–H and O–H groups in total. The summed E-state index contributed by atoms with van der Waals surface area (Å²) in [6.45, 7) is 3.85. The number of benzene rings is 2. The largest absolute Gasteiger partial charge is 0.458 e. The number of carbonyl (C=O) groups excluding carboxylic acids is 2. The first kappa shape index (κ1) is 23.1. The van der Waals surface area contributed by atoms with Gasteiger partial charge in [-0.1, -0.05) is 32.0 Å². The molecule has 0 fully saturated rings. The van der Waals surface area contributed by atoms with E-state index in [1.807, 2.05) is 13.0 Å². The summed E-state index contributed by atoms with van der Waals surface area (Å²) in [6.07, 6.45) is 0.755. The smallest absolute Gasteiger partial charge is 0.343 e. The van der Waals surface area contributed by atoms with E-state index in [9.17, 15) is 19.5 Å². The van der Waals surface area contributed by atoms with Gasteiger partial charge >= 0.3 is 11.9 Å². The van der Waals surface area contributed by atoms with E-state index in [1.165, 1.54) is 0 Å². The summed E-state index contributed by atoms with van der Waals surface area (Å²) < 4.78 is 12.4. The molecule has 0 spiro atoms. The minimum atomic E-state index is -1.87. The van der Waals surface area contributed by atoms with Crippen molar-refractivity contribution in [2.24, 2.45) is 0 Å². The second kappa shape index (κ2) is 8.38. The van der Waals surface area contributed by atoms with E-state index >= 15 is 0 Å². The third-order valence-corrected chi connectivity index (χ3v) is 7.35. The summed E-state index contributed by atoms with van der Waals surface area (Å²) in [5.74, 6) is -0.787. The number of fused-ring (bicyclic) bond motifs is 5. The van der Waals surface area contributed by atoms with Crippen LogP contribution in [0.2, 0.25) is 0 Å². The lowest BCUT2D eigenvalue weighted by Gasteiger charge is -2.31. The minimum Gasteiger partial charge on any atom is -0.458 e. The maximum atomic E-state index is 13.5. The highest BCUT2D eigenvalue weighted by atomic mass is 16.6. The quantitative estimate of drug-likeness (QED) is 0.297. The fraction of sp³-hybridized carbons (Fsp3) is 0.241. The van der Waals surface area contributed by atoms with Crippen molar-refractivity contribution in [2.45, 2.75) is 45.4 Å². The zero-order valence-electron chi connectivity index (χ0n) is 20.4. The third-order valence-electron chi connectivity index (χ3n) is 7.35. The van der Waals surface area contributed by atoms with Gasteiger partial charge in [0.05, 0.1) is 34.6 Å². The summed E-state index contributed by atoms with van der Waals surface area (Å²) in [5.41, 5.74) is 2.67. The molecule has 37 heavy (non-hydrogen) atoms. The second-order valence-corrected chi connectivity index (χ2v) is 9.31. The van der Waals surface area contributed by atoms with Crippen molar-refractivity contribution in [3.63, 3.8) is 0 Å². The van der Waals surface area contributed by atoms with Gasteiger partial charge in [0.25, 0.3) is 5.56 Å². The van der Waals surface area contributed by atoms with Crippen LogP contribution in [0.15, 0.2) is 59.4 Å². The van der Waals surface area contributed by atoms with E-state index in [-0.39, 0.29) is 18.6 Å². The predicted octanol–water partition coefficient (Wildman–Crippen LogP) is 3.86. The van der Waals surface area contributed by atoms with Gasteiger partial charge in [0.2, 0.25) is 0 Å². The monoisotopic (exact) mass is 496 g/mol. The van der Waals surface area contributed by atoms with E-state index in [0.717, 1.165) is 16.5 Å². The second-order valence-electron chi connectivity index (χ2n) is 9.31. The van der Waals surface area contributed by atoms with Crippen molar-refractivity contribution in [2.75, 3.05) is 0 Å². The van der Waals surface area contributed by atoms with Crippen molar-refractivity contribution in [3.05, 3.63) is 92.8 Å². The predicted molar refractivity (Wildman–Crippen MR) is 135 cm³/mol. The minimum absolute atomic E-state index is 0.0877. The molecule has 1 atom stereocenters. The number of cyclic esters (lactones) is 1. The van der Waals surface area contributed by atoms with Gasteiger partial charge in [-0.25, -0.2) is 14.6 Å². The summed E-state index contributed by atoms with van der Waals surface area (Å²) in [5, 5.41) is 11.9. The molecule has 6 rings (SSSR count). The van der Waals surface area contributed by atoms with Crippen molar-refractivity contribution in [3.8, 4) is 17.1 Å². The van der Waals surface area contributed by atoms with Crippen molar-refractivity contribution in [1.82, 2.24) is 9.55 Å². The zero-order chi connectivity index (χ0) is 25.9. The lowest BCUT2D eigenvalue weighted by molar-refractivity contribution is -0.172. The molecule has 4 aromatic rings. The standard InChI is InChI=1S/C29H24N2O6/c1-3-18-19-12-17(37-27(33)16-8-6-5-7-9-16)10-11-23(19)30-25-20(18)14-31-24(25)13-22-21(26(31)32)15-36-28(34)29(22,35)4-2/h5-13,35H,3-4,14-15H2,1-2H3/t29-/m0/s1. The van der Waals surface area contributed by atoms with E-state index in [4.69, 9.17) is 14.5 Å². The lowest BCUT2D eigenvalue weighted by Crippen LogP contribution is -2.44. The maximum absolute atomic E-state index is 13.5. The lowest BCUT2D eigenvalue weighted by atomic mass is 9.86. The van der Waals surface area contributed by atoms with Gasteiger partial charge in [0.15, 0.2) is 5.60 Å². The number of esters is 2. The molecule has 186 valence electrons. The Morgan fingerprint density at radius 2 is 1.89 bits per heavy atom. The van der Waals surface area contributed by atoms with Gasteiger partial charge < -0.3 is 19.1 Å². The van der Waals surface area contributed by atoms with Crippen molar-refractivity contribution >= 4 is 22.8 Å². The average molecular weight is 497 g/mol. The van der Waals surface area contributed by atoms with Crippen LogP contribution in [0, 0.1) is 0 Å². The van der Waals surface area contributed by atoms with Gasteiger partial charge in [0.1, 0.15) is 12.4 Å². The Balaban J connectivity index is 1.48. The topological polar surface area (TPSA) is 108 Å². The molecule has 0 unspecified atom stereocenters. The third kappa shape index (κ3) is 3.40. The molecule has 2 aliphatic rings. The summed E-state index contributed by atoms with van der Waals surface area (Å²) in [7, 11) is 0. The Bertz CT molecular complexity index is 1670. The number of rotatable bonds is 4. The molecule has 0 radical (unpaired) electrons.